The molecule has 0 saturated heterocycles. The largest absolute Gasteiger partial charge is 0.367 e. The molecule has 0 radical (unpaired) electrons. The number of rotatable bonds is 7. The van der Waals surface area contributed by atoms with Crippen LogP contribution >= 0.6 is 0 Å². The van der Waals surface area contributed by atoms with Crippen LogP contribution in [0.4, 0.5) is 5.88 Å². The van der Waals surface area contributed by atoms with Gasteiger partial charge >= 0.3 is 0 Å². The fourth-order valence-electron chi connectivity index (χ4n) is 1.83. The summed E-state index contributed by atoms with van der Waals surface area (Å²) in [5, 5.41) is 4.00. The quantitative estimate of drug-likeness (QED) is 0.702. The van der Waals surface area contributed by atoms with Crippen molar-refractivity contribution < 1.29 is 4.52 Å². The molecule has 0 aliphatic rings. The van der Waals surface area contributed by atoms with Gasteiger partial charge in [0, 0.05) is 5.56 Å². The van der Waals surface area contributed by atoms with Crippen molar-refractivity contribution in [3.05, 3.63) is 11.3 Å². The van der Waals surface area contributed by atoms with Gasteiger partial charge in [-0.25, -0.2) is 0 Å². The van der Waals surface area contributed by atoms with Crippen LogP contribution in [0.1, 0.15) is 57.2 Å². The maximum Gasteiger partial charge on any atom is 0.225 e. The molecule has 1 heterocycles. The van der Waals surface area contributed by atoms with Gasteiger partial charge in [0.25, 0.3) is 0 Å². The number of anilines is 1. The van der Waals surface area contributed by atoms with Gasteiger partial charge in [0.15, 0.2) is 0 Å². The van der Waals surface area contributed by atoms with Gasteiger partial charge in [0.05, 0.1) is 5.69 Å². The Hall–Kier alpha value is -0.990. The van der Waals surface area contributed by atoms with Crippen molar-refractivity contribution in [2.75, 3.05) is 5.73 Å². The number of hydrogen-bond acceptors (Lipinski definition) is 3. The molecule has 0 bridgehead atoms. The summed E-state index contributed by atoms with van der Waals surface area (Å²) in [7, 11) is 0. The molecule has 86 valence electrons. The van der Waals surface area contributed by atoms with Gasteiger partial charge in [-0.1, -0.05) is 44.7 Å². The first-order valence-electron chi connectivity index (χ1n) is 6.02. The summed E-state index contributed by atoms with van der Waals surface area (Å²) in [6.07, 6.45) is 8.35. The maximum atomic E-state index is 5.67. The summed E-state index contributed by atoms with van der Waals surface area (Å²) in [6.45, 7) is 4.32. The van der Waals surface area contributed by atoms with E-state index in [4.69, 9.17) is 10.3 Å². The molecule has 1 rings (SSSR count). The fraction of sp³-hybridized carbons (Fsp3) is 0.750. The normalized spacial score (nSPS) is 10.8. The van der Waals surface area contributed by atoms with Crippen molar-refractivity contribution in [1.29, 1.82) is 0 Å². The first-order chi connectivity index (χ1) is 7.29. The third-order valence-corrected chi connectivity index (χ3v) is 2.77. The van der Waals surface area contributed by atoms with E-state index in [9.17, 15) is 0 Å². The van der Waals surface area contributed by atoms with Gasteiger partial charge in [-0.15, -0.1) is 0 Å². The third-order valence-electron chi connectivity index (χ3n) is 2.77. The van der Waals surface area contributed by atoms with Crippen molar-refractivity contribution in [1.82, 2.24) is 5.16 Å². The standard InChI is InChI=1S/C12H22N2O/c1-3-5-6-7-8-9-11-10(4-2)12(13)15-14-11/h3-9,13H2,1-2H3. The predicted octanol–water partition coefficient (Wildman–Crippen LogP) is 3.33. The first kappa shape index (κ1) is 12.1. The van der Waals surface area contributed by atoms with Crippen LogP contribution in [0.5, 0.6) is 0 Å². The molecular weight excluding hydrogens is 188 g/mol. The summed E-state index contributed by atoms with van der Waals surface area (Å²) in [4.78, 5) is 0. The molecule has 0 atom stereocenters. The second-order valence-electron chi connectivity index (χ2n) is 3.99. The van der Waals surface area contributed by atoms with Crippen LogP contribution in [0.3, 0.4) is 0 Å². The highest BCUT2D eigenvalue weighted by Crippen LogP contribution is 2.19. The molecule has 0 fully saturated rings. The highest BCUT2D eigenvalue weighted by atomic mass is 16.5. The monoisotopic (exact) mass is 210 g/mol. The van der Waals surface area contributed by atoms with Gasteiger partial charge in [-0.2, -0.15) is 0 Å². The van der Waals surface area contributed by atoms with E-state index in [2.05, 4.69) is 19.0 Å². The number of nitrogen functional groups attached to an aromatic ring is 1. The smallest absolute Gasteiger partial charge is 0.225 e. The molecule has 0 aromatic carbocycles. The SMILES string of the molecule is CCCCCCCc1noc(N)c1CC. The lowest BCUT2D eigenvalue weighted by molar-refractivity contribution is 0.425. The molecule has 0 unspecified atom stereocenters. The fourth-order valence-corrected chi connectivity index (χ4v) is 1.83. The zero-order chi connectivity index (χ0) is 11.1. The molecule has 1 aromatic heterocycles. The minimum absolute atomic E-state index is 0.501. The molecule has 1 aromatic rings. The minimum Gasteiger partial charge on any atom is -0.367 e. The van der Waals surface area contributed by atoms with Gasteiger partial charge in [-0.05, 0) is 19.3 Å². The average Bonchev–Trinajstić information content (AvgIpc) is 2.59. The molecule has 0 saturated carbocycles. The van der Waals surface area contributed by atoms with E-state index < -0.39 is 0 Å². The molecule has 0 aliphatic carbocycles. The lowest BCUT2D eigenvalue weighted by Crippen LogP contribution is -1.94. The van der Waals surface area contributed by atoms with Crippen molar-refractivity contribution in [2.45, 2.75) is 58.8 Å². The minimum atomic E-state index is 0.501. The molecular formula is C12H22N2O. The Morgan fingerprint density at radius 1 is 1.13 bits per heavy atom. The molecule has 3 heteroatoms. The predicted molar refractivity (Wildman–Crippen MR) is 62.8 cm³/mol. The van der Waals surface area contributed by atoms with Crippen molar-refractivity contribution in [2.24, 2.45) is 0 Å². The van der Waals surface area contributed by atoms with E-state index in [0.717, 1.165) is 24.1 Å². The highest BCUT2D eigenvalue weighted by Gasteiger charge is 2.10. The van der Waals surface area contributed by atoms with E-state index >= 15 is 0 Å². The van der Waals surface area contributed by atoms with Gasteiger partial charge in [0.2, 0.25) is 5.88 Å². The molecule has 2 N–H and O–H groups in total. The van der Waals surface area contributed by atoms with Gasteiger partial charge in [-0.3, -0.25) is 0 Å². The molecule has 15 heavy (non-hydrogen) atoms. The van der Waals surface area contributed by atoms with E-state index in [1.807, 2.05) is 0 Å². The Balaban J connectivity index is 2.30. The average molecular weight is 210 g/mol. The van der Waals surface area contributed by atoms with Crippen LogP contribution < -0.4 is 5.73 Å². The summed E-state index contributed by atoms with van der Waals surface area (Å²) < 4.78 is 4.99. The van der Waals surface area contributed by atoms with Gasteiger partial charge < -0.3 is 10.3 Å². The zero-order valence-electron chi connectivity index (χ0n) is 9.88. The maximum absolute atomic E-state index is 5.67. The van der Waals surface area contributed by atoms with E-state index in [-0.39, 0.29) is 0 Å². The Kier molecular flexibility index (Phi) is 5.22. The first-order valence-corrected chi connectivity index (χ1v) is 6.02. The lowest BCUT2D eigenvalue weighted by atomic mass is 10.1. The molecule has 0 amide bonds. The molecule has 3 nitrogen and oxygen atoms in total. The van der Waals surface area contributed by atoms with Crippen molar-refractivity contribution >= 4 is 5.88 Å². The van der Waals surface area contributed by atoms with Crippen LogP contribution in [0.25, 0.3) is 0 Å². The van der Waals surface area contributed by atoms with Crippen LogP contribution in [0, 0.1) is 0 Å². The Morgan fingerprint density at radius 3 is 2.53 bits per heavy atom. The van der Waals surface area contributed by atoms with Crippen LogP contribution in [0.2, 0.25) is 0 Å². The number of aromatic nitrogens is 1. The highest BCUT2D eigenvalue weighted by molar-refractivity contribution is 5.38. The molecule has 0 aliphatic heterocycles. The second-order valence-corrected chi connectivity index (χ2v) is 3.99. The van der Waals surface area contributed by atoms with Gasteiger partial charge in [0.1, 0.15) is 0 Å². The number of nitrogens with zero attached hydrogens (tertiary/aromatic N) is 1. The Bertz CT molecular complexity index is 281. The summed E-state index contributed by atoms with van der Waals surface area (Å²) in [6, 6.07) is 0. The van der Waals surface area contributed by atoms with Crippen LogP contribution in [-0.2, 0) is 12.8 Å². The van der Waals surface area contributed by atoms with Crippen molar-refractivity contribution in [3.63, 3.8) is 0 Å². The number of unbranched alkanes of at least 4 members (excludes halogenated alkanes) is 4. The lowest BCUT2D eigenvalue weighted by Gasteiger charge is -1.99. The summed E-state index contributed by atoms with van der Waals surface area (Å²) in [5.74, 6) is 0.501. The van der Waals surface area contributed by atoms with E-state index in [0.29, 0.717) is 5.88 Å². The number of nitrogens with two attached hydrogens (primary N) is 1. The van der Waals surface area contributed by atoms with Crippen LogP contribution in [0.15, 0.2) is 4.52 Å². The Labute approximate surface area is 92.0 Å². The zero-order valence-corrected chi connectivity index (χ0v) is 9.88. The number of aryl methyl sites for hydroxylation is 1. The van der Waals surface area contributed by atoms with Crippen molar-refractivity contribution in [3.8, 4) is 0 Å². The summed E-state index contributed by atoms with van der Waals surface area (Å²) >= 11 is 0. The van der Waals surface area contributed by atoms with E-state index in [1.54, 1.807) is 0 Å². The Morgan fingerprint density at radius 2 is 1.87 bits per heavy atom. The topological polar surface area (TPSA) is 52.0 Å². The molecule has 0 spiro atoms. The van der Waals surface area contributed by atoms with Crippen LogP contribution in [-0.4, -0.2) is 5.16 Å². The third kappa shape index (κ3) is 3.57. The number of hydrogen-bond donors (Lipinski definition) is 1. The summed E-state index contributed by atoms with van der Waals surface area (Å²) in [5.41, 5.74) is 7.84. The van der Waals surface area contributed by atoms with E-state index in [1.165, 1.54) is 32.1 Å². The second kappa shape index (κ2) is 6.49.